The summed E-state index contributed by atoms with van der Waals surface area (Å²) in [6.45, 7) is -0.748. The number of rotatable bonds is 5. The van der Waals surface area contributed by atoms with Crippen LogP contribution in [0, 0.1) is 10.1 Å². The lowest BCUT2D eigenvalue weighted by atomic mass is 10.3. The molecule has 102 valence electrons. The monoisotopic (exact) mass is 272 g/mol. The minimum absolute atomic E-state index is 0.484. The first-order valence-electron chi connectivity index (χ1n) is 5.88. The molecule has 0 unspecified atom stereocenters. The largest absolute Gasteiger partial charge is 0.457 e. The summed E-state index contributed by atoms with van der Waals surface area (Å²) in [6.07, 6.45) is 0. The highest BCUT2D eigenvalue weighted by atomic mass is 16.6. The highest BCUT2D eigenvalue weighted by Crippen LogP contribution is 2.22. The van der Waals surface area contributed by atoms with E-state index in [4.69, 9.17) is 4.74 Å². The summed E-state index contributed by atoms with van der Waals surface area (Å²) in [5.74, 6) is 0.660. The SMILES string of the molecule is O=C(C[N+](=O)[O-])Nc1ccc(Oc2ccccc2)cc1. The van der Waals surface area contributed by atoms with E-state index in [-0.39, 0.29) is 0 Å². The maximum Gasteiger partial charge on any atom is 0.296 e. The van der Waals surface area contributed by atoms with Crippen LogP contribution in [0.15, 0.2) is 54.6 Å². The van der Waals surface area contributed by atoms with Gasteiger partial charge < -0.3 is 10.1 Å². The van der Waals surface area contributed by atoms with E-state index in [1.54, 1.807) is 24.3 Å². The van der Waals surface area contributed by atoms with Gasteiger partial charge in [-0.15, -0.1) is 0 Å². The first kappa shape index (κ1) is 13.5. The number of para-hydroxylation sites is 1. The molecule has 20 heavy (non-hydrogen) atoms. The molecule has 0 aliphatic rings. The molecule has 1 amide bonds. The van der Waals surface area contributed by atoms with Crippen molar-refractivity contribution < 1.29 is 14.5 Å². The third kappa shape index (κ3) is 4.09. The van der Waals surface area contributed by atoms with Crippen molar-refractivity contribution in [3.63, 3.8) is 0 Å². The van der Waals surface area contributed by atoms with Gasteiger partial charge in [0.15, 0.2) is 0 Å². The average molecular weight is 272 g/mol. The summed E-state index contributed by atoms with van der Waals surface area (Å²) in [7, 11) is 0. The second-order valence-corrected chi connectivity index (χ2v) is 3.98. The van der Waals surface area contributed by atoms with Gasteiger partial charge in [-0.25, -0.2) is 0 Å². The van der Waals surface area contributed by atoms with Crippen LogP contribution in [0.25, 0.3) is 0 Å². The summed E-state index contributed by atoms with van der Waals surface area (Å²) >= 11 is 0. The maximum absolute atomic E-state index is 11.2. The second-order valence-electron chi connectivity index (χ2n) is 3.98. The molecule has 2 rings (SSSR count). The first-order chi connectivity index (χ1) is 9.63. The first-order valence-corrected chi connectivity index (χ1v) is 5.88. The number of ether oxygens (including phenoxy) is 1. The Morgan fingerprint density at radius 3 is 2.25 bits per heavy atom. The van der Waals surface area contributed by atoms with E-state index >= 15 is 0 Å². The van der Waals surface area contributed by atoms with Gasteiger partial charge in [-0.3, -0.25) is 14.9 Å². The van der Waals surface area contributed by atoms with Gasteiger partial charge in [-0.2, -0.15) is 0 Å². The zero-order valence-electron chi connectivity index (χ0n) is 10.5. The molecule has 1 N–H and O–H groups in total. The zero-order chi connectivity index (χ0) is 14.4. The van der Waals surface area contributed by atoms with E-state index in [0.717, 1.165) is 0 Å². The predicted octanol–water partition coefficient (Wildman–Crippen LogP) is 2.69. The smallest absolute Gasteiger partial charge is 0.296 e. The lowest BCUT2D eigenvalue weighted by molar-refractivity contribution is -0.467. The highest BCUT2D eigenvalue weighted by molar-refractivity contribution is 5.91. The molecule has 6 heteroatoms. The molecule has 6 nitrogen and oxygen atoms in total. The van der Waals surface area contributed by atoms with Crippen molar-refractivity contribution in [3.8, 4) is 11.5 Å². The van der Waals surface area contributed by atoms with Gasteiger partial charge in [0.1, 0.15) is 11.5 Å². The van der Waals surface area contributed by atoms with E-state index in [2.05, 4.69) is 5.32 Å². The molecule has 0 aliphatic heterocycles. The van der Waals surface area contributed by atoms with E-state index in [1.807, 2.05) is 30.3 Å². The number of nitrogens with zero attached hydrogens (tertiary/aromatic N) is 1. The Morgan fingerprint density at radius 2 is 1.65 bits per heavy atom. The Balaban J connectivity index is 1.96. The molecular formula is C14H12N2O4. The summed E-state index contributed by atoms with van der Waals surface area (Å²) in [5.41, 5.74) is 0.484. The van der Waals surface area contributed by atoms with Gasteiger partial charge in [0.25, 0.3) is 12.5 Å². The van der Waals surface area contributed by atoms with Crippen molar-refractivity contribution in [2.45, 2.75) is 0 Å². The lowest BCUT2D eigenvalue weighted by Crippen LogP contribution is -2.21. The fraction of sp³-hybridized carbons (Fsp3) is 0.0714. The van der Waals surface area contributed by atoms with Crippen molar-refractivity contribution >= 4 is 11.6 Å². The van der Waals surface area contributed by atoms with Crippen LogP contribution >= 0.6 is 0 Å². The van der Waals surface area contributed by atoms with Gasteiger partial charge in [-0.05, 0) is 36.4 Å². The third-order valence-corrected chi connectivity index (χ3v) is 2.39. The molecule has 0 fully saturated rings. The molecular weight excluding hydrogens is 260 g/mol. The fourth-order valence-electron chi connectivity index (χ4n) is 1.55. The van der Waals surface area contributed by atoms with Crippen LogP contribution in [0.5, 0.6) is 11.5 Å². The molecule has 2 aromatic rings. The molecule has 2 aromatic carbocycles. The number of anilines is 1. The van der Waals surface area contributed by atoms with Gasteiger partial charge in [0, 0.05) is 10.6 Å². The summed E-state index contributed by atoms with van der Waals surface area (Å²) in [4.78, 5) is 20.7. The predicted molar refractivity (Wildman–Crippen MR) is 73.4 cm³/mol. The number of hydrogen-bond donors (Lipinski definition) is 1. The highest BCUT2D eigenvalue weighted by Gasteiger charge is 2.09. The van der Waals surface area contributed by atoms with Crippen molar-refractivity contribution in [1.29, 1.82) is 0 Å². The zero-order valence-corrected chi connectivity index (χ0v) is 10.5. The third-order valence-electron chi connectivity index (χ3n) is 2.39. The topological polar surface area (TPSA) is 81.5 Å². The number of amides is 1. The molecule has 0 spiro atoms. The van der Waals surface area contributed by atoms with Gasteiger partial charge in [0.2, 0.25) is 0 Å². The Labute approximate surface area is 115 Å². The minimum Gasteiger partial charge on any atom is -0.457 e. The van der Waals surface area contributed by atoms with Crippen LogP contribution in [0.1, 0.15) is 0 Å². The van der Waals surface area contributed by atoms with E-state index in [1.165, 1.54) is 0 Å². The minimum atomic E-state index is -0.748. The quantitative estimate of drug-likeness (QED) is 0.670. The summed E-state index contributed by atoms with van der Waals surface area (Å²) in [6, 6.07) is 15.9. The number of nitrogens with one attached hydrogen (secondary N) is 1. The summed E-state index contributed by atoms with van der Waals surface area (Å²) < 4.78 is 5.58. The molecule has 0 aliphatic carbocycles. The van der Waals surface area contributed by atoms with Crippen LogP contribution < -0.4 is 10.1 Å². The Bertz CT molecular complexity index is 596. The Kier molecular flexibility index (Phi) is 4.28. The summed E-state index contributed by atoms with van der Waals surface area (Å²) in [5, 5.41) is 12.6. The Hall–Kier alpha value is -2.89. The van der Waals surface area contributed by atoms with E-state index in [0.29, 0.717) is 17.2 Å². The van der Waals surface area contributed by atoms with E-state index < -0.39 is 17.4 Å². The lowest BCUT2D eigenvalue weighted by Gasteiger charge is -2.07. The molecule has 0 heterocycles. The number of carbonyl (C=O) groups is 1. The second kappa shape index (κ2) is 6.33. The van der Waals surface area contributed by atoms with E-state index in [9.17, 15) is 14.9 Å². The molecule has 0 bridgehead atoms. The van der Waals surface area contributed by atoms with Gasteiger partial charge in [-0.1, -0.05) is 18.2 Å². The normalized spacial score (nSPS) is 9.80. The van der Waals surface area contributed by atoms with Crippen molar-refractivity contribution in [1.82, 2.24) is 0 Å². The molecule has 0 radical (unpaired) electrons. The number of nitro groups is 1. The van der Waals surface area contributed by atoms with Crippen molar-refractivity contribution in [3.05, 3.63) is 64.7 Å². The van der Waals surface area contributed by atoms with Crippen molar-refractivity contribution in [2.24, 2.45) is 0 Å². The van der Waals surface area contributed by atoms with Crippen LogP contribution in [0.4, 0.5) is 5.69 Å². The maximum atomic E-state index is 11.2. The van der Waals surface area contributed by atoms with Gasteiger partial charge >= 0.3 is 0 Å². The van der Waals surface area contributed by atoms with Crippen LogP contribution in [-0.2, 0) is 4.79 Å². The van der Waals surface area contributed by atoms with Crippen molar-refractivity contribution in [2.75, 3.05) is 11.9 Å². The Morgan fingerprint density at radius 1 is 1.05 bits per heavy atom. The number of hydrogen-bond acceptors (Lipinski definition) is 4. The van der Waals surface area contributed by atoms with Crippen LogP contribution in [0.3, 0.4) is 0 Å². The van der Waals surface area contributed by atoms with Crippen LogP contribution in [-0.4, -0.2) is 17.4 Å². The van der Waals surface area contributed by atoms with Gasteiger partial charge in [0.05, 0.1) is 0 Å². The van der Waals surface area contributed by atoms with Crippen LogP contribution in [0.2, 0.25) is 0 Å². The average Bonchev–Trinajstić information content (AvgIpc) is 2.41. The molecule has 0 saturated heterocycles. The number of benzene rings is 2. The number of carbonyl (C=O) groups excluding carboxylic acids is 1. The molecule has 0 atom stereocenters. The fourth-order valence-corrected chi connectivity index (χ4v) is 1.55. The molecule has 0 saturated carbocycles. The molecule has 0 aromatic heterocycles. The standard InChI is InChI=1S/C14H12N2O4/c17-14(10-16(18)19)15-11-6-8-13(9-7-11)20-12-4-2-1-3-5-12/h1-9H,10H2,(H,15,17).